The maximum Gasteiger partial charge on any atom is 0.309 e. The van der Waals surface area contributed by atoms with Crippen molar-refractivity contribution in [3.63, 3.8) is 0 Å². The molecule has 0 aliphatic carbocycles. The summed E-state index contributed by atoms with van der Waals surface area (Å²) < 4.78 is 37.2. The number of benzene rings is 1. The van der Waals surface area contributed by atoms with Gasteiger partial charge >= 0.3 is 10.1 Å². The van der Waals surface area contributed by atoms with Gasteiger partial charge in [-0.15, -0.1) is 0 Å². The molecule has 1 rings (SSSR count). The molecule has 0 atom stereocenters. The van der Waals surface area contributed by atoms with Crippen LogP contribution in [0, 0.1) is 0 Å². The molecule has 0 saturated heterocycles. The molecule has 0 amide bonds. The van der Waals surface area contributed by atoms with Crippen LogP contribution in [0.4, 0.5) is 0 Å². The van der Waals surface area contributed by atoms with Crippen molar-refractivity contribution in [1.82, 2.24) is 0 Å². The lowest BCUT2D eigenvalue weighted by molar-refractivity contribution is 0.0409. The Morgan fingerprint density at radius 3 is 2.45 bits per heavy atom. The molecule has 0 fully saturated rings. The van der Waals surface area contributed by atoms with E-state index in [2.05, 4.69) is 16.4 Å². The number of hydrogen-bond acceptors (Lipinski definition) is 6. The quantitative estimate of drug-likeness (QED) is 0.353. The summed E-state index contributed by atoms with van der Waals surface area (Å²) in [6, 6.07) is 9.84. The predicted molar refractivity (Wildman–Crippen MR) is 80.1 cm³/mol. The smallest absolute Gasteiger partial charge is 0.309 e. The van der Waals surface area contributed by atoms with Crippen LogP contribution in [0.15, 0.2) is 30.3 Å². The molecule has 1 aromatic rings. The van der Waals surface area contributed by atoms with Gasteiger partial charge in [0.15, 0.2) is 5.55 Å². The van der Waals surface area contributed by atoms with E-state index in [9.17, 15) is 8.42 Å². The molecule has 0 radical (unpaired) electrons. The van der Waals surface area contributed by atoms with E-state index in [4.69, 9.17) is 9.47 Å². The Balaban J connectivity index is 1.96. The van der Waals surface area contributed by atoms with E-state index >= 15 is 0 Å². The third-order valence-electron chi connectivity index (χ3n) is 2.35. The van der Waals surface area contributed by atoms with Crippen LogP contribution in [0.2, 0.25) is 0 Å². The van der Waals surface area contributed by atoms with Gasteiger partial charge in [0.05, 0.1) is 25.6 Å². The Kier molecular flexibility index (Phi) is 8.36. The van der Waals surface area contributed by atoms with Crippen molar-refractivity contribution in [2.24, 2.45) is 0 Å². The molecule has 20 heavy (non-hydrogen) atoms. The number of thiocarbonyl (C=S) groups is 1. The second kappa shape index (κ2) is 9.82. The summed E-state index contributed by atoms with van der Waals surface area (Å²) in [5.74, 6) is -0.106. The zero-order valence-electron chi connectivity index (χ0n) is 11.1. The lowest BCUT2D eigenvalue weighted by Crippen LogP contribution is -2.12. The molecule has 7 heteroatoms. The highest BCUT2D eigenvalue weighted by Crippen LogP contribution is 2.00. The van der Waals surface area contributed by atoms with Crippen molar-refractivity contribution in [2.45, 2.75) is 13.0 Å². The van der Waals surface area contributed by atoms with E-state index in [1.54, 1.807) is 0 Å². The Hall–Kier alpha value is -1.02. The van der Waals surface area contributed by atoms with Crippen LogP contribution >= 0.6 is 12.2 Å². The number of hydrogen-bond donors (Lipinski definition) is 0. The van der Waals surface area contributed by atoms with Crippen molar-refractivity contribution >= 4 is 27.9 Å². The van der Waals surface area contributed by atoms with Gasteiger partial charge in [0, 0.05) is 6.61 Å². The summed E-state index contributed by atoms with van der Waals surface area (Å²) in [5.41, 5.74) is 1.85. The molecule has 0 unspecified atom stereocenters. The molecule has 0 aromatic heterocycles. The highest BCUT2D eigenvalue weighted by molar-refractivity contribution is 7.88. The molecule has 0 aliphatic heterocycles. The molecule has 0 N–H and O–H groups in total. The maximum atomic E-state index is 11.1. The third-order valence-corrected chi connectivity index (χ3v) is 3.75. The standard InChI is InChI=1S/C13H18O5S2/c14-20(15,18-12-19)10-4-7-16-8-9-17-11-13-5-2-1-3-6-13/h1-3,5-6,12H,4,7-11H2. The third kappa shape index (κ3) is 8.21. The van der Waals surface area contributed by atoms with Crippen LogP contribution < -0.4 is 0 Å². The molecule has 5 nitrogen and oxygen atoms in total. The molecule has 0 spiro atoms. The normalized spacial score (nSPS) is 11.2. The molecule has 0 saturated carbocycles. The number of rotatable bonds is 11. The second-order valence-electron chi connectivity index (χ2n) is 3.96. The van der Waals surface area contributed by atoms with E-state index < -0.39 is 10.1 Å². The molecular formula is C13H18O5S2. The predicted octanol–water partition coefficient (Wildman–Crippen LogP) is 1.91. The van der Waals surface area contributed by atoms with E-state index in [0.717, 1.165) is 11.1 Å². The average Bonchev–Trinajstić information content (AvgIpc) is 2.43. The zero-order valence-corrected chi connectivity index (χ0v) is 12.7. The fraction of sp³-hybridized carbons (Fsp3) is 0.462. The van der Waals surface area contributed by atoms with Gasteiger partial charge in [0.2, 0.25) is 0 Å². The molecule has 112 valence electrons. The van der Waals surface area contributed by atoms with E-state index in [1.165, 1.54) is 0 Å². The Morgan fingerprint density at radius 2 is 1.75 bits per heavy atom. The summed E-state index contributed by atoms with van der Waals surface area (Å²) in [6.45, 7) is 1.79. The SMILES string of the molecule is O=S(=O)(CCCOCCOCc1ccccc1)OC=S. The van der Waals surface area contributed by atoms with Crippen molar-refractivity contribution < 1.29 is 22.1 Å². The topological polar surface area (TPSA) is 61.8 Å². The average molecular weight is 318 g/mol. The fourth-order valence-corrected chi connectivity index (χ4v) is 2.48. The van der Waals surface area contributed by atoms with Gasteiger partial charge in [-0.05, 0) is 24.2 Å². The zero-order chi connectivity index (χ0) is 14.7. The first-order chi connectivity index (χ1) is 9.64. The lowest BCUT2D eigenvalue weighted by atomic mass is 10.2. The summed E-state index contributed by atoms with van der Waals surface area (Å²) >= 11 is 4.32. The van der Waals surface area contributed by atoms with Gasteiger partial charge in [-0.3, -0.25) is 0 Å². The summed E-state index contributed by atoms with van der Waals surface area (Å²) in [5, 5.41) is 0. The highest BCUT2D eigenvalue weighted by atomic mass is 32.2. The molecular weight excluding hydrogens is 300 g/mol. The minimum Gasteiger partial charge on any atom is -0.379 e. The van der Waals surface area contributed by atoms with Gasteiger partial charge in [-0.25, -0.2) is 0 Å². The van der Waals surface area contributed by atoms with E-state index in [-0.39, 0.29) is 5.75 Å². The maximum absolute atomic E-state index is 11.1. The van der Waals surface area contributed by atoms with Crippen LogP contribution in [-0.4, -0.2) is 39.5 Å². The first-order valence-electron chi connectivity index (χ1n) is 6.18. The fourth-order valence-electron chi connectivity index (χ4n) is 1.43. The first-order valence-corrected chi connectivity index (χ1v) is 8.23. The molecule has 1 aromatic carbocycles. The Morgan fingerprint density at radius 1 is 1.05 bits per heavy atom. The minimum atomic E-state index is -3.54. The van der Waals surface area contributed by atoms with Crippen LogP contribution in [0.1, 0.15) is 12.0 Å². The Labute approximate surface area is 125 Å². The van der Waals surface area contributed by atoms with Gasteiger partial charge in [-0.2, -0.15) is 8.42 Å². The minimum absolute atomic E-state index is 0.106. The van der Waals surface area contributed by atoms with Gasteiger partial charge in [0.1, 0.15) is 0 Å². The van der Waals surface area contributed by atoms with Crippen LogP contribution in [0.5, 0.6) is 0 Å². The van der Waals surface area contributed by atoms with Crippen molar-refractivity contribution in [2.75, 3.05) is 25.6 Å². The van der Waals surface area contributed by atoms with E-state index in [0.29, 0.717) is 32.8 Å². The summed E-state index contributed by atoms with van der Waals surface area (Å²) in [4.78, 5) is 0. The lowest BCUT2D eigenvalue weighted by Gasteiger charge is -2.06. The molecule has 0 bridgehead atoms. The summed E-state index contributed by atoms with van der Waals surface area (Å²) in [7, 11) is -3.54. The number of ether oxygens (including phenoxy) is 2. The van der Waals surface area contributed by atoms with Crippen LogP contribution in [-0.2, 0) is 30.4 Å². The van der Waals surface area contributed by atoms with Crippen LogP contribution in [0.3, 0.4) is 0 Å². The van der Waals surface area contributed by atoms with Crippen LogP contribution in [0.25, 0.3) is 0 Å². The molecule has 0 heterocycles. The molecule has 0 aliphatic rings. The largest absolute Gasteiger partial charge is 0.379 e. The van der Waals surface area contributed by atoms with Crippen molar-refractivity contribution in [3.05, 3.63) is 35.9 Å². The highest BCUT2D eigenvalue weighted by Gasteiger charge is 2.08. The van der Waals surface area contributed by atoms with Crippen molar-refractivity contribution in [3.8, 4) is 0 Å². The Bertz CT molecular complexity index is 473. The first kappa shape index (κ1) is 17.0. The summed E-state index contributed by atoms with van der Waals surface area (Å²) in [6.07, 6.45) is 0.365. The second-order valence-corrected chi connectivity index (χ2v) is 5.87. The van der Waals surface area contributed by atoms with Gasteiger partial charge in [-0.1, -0.05) is 30.3 Å². The van der Waals surface area contributed by atoms with Gasteiger partial charge < -0.3 is 13.7 Å². The monoisotopic (exact) mass is 318 g/mol. The van der Waals surface area contributed by atoms with Crippen molar-refractivity contribution in [1.29, 1.82) is 0 Å². The van der Waals surface area contributed by atoms with Gasteiger partial charge in [0.25, 0.3) is 0 Å². The van der Waals surface area contributed by atoms with E-state index in [1.807, 2.05) is 30.3 Å².